The van der Waals surface area contributed by atoms with Crippen molar-refractivity contribution in [2.75, 3.05) is 18.0 Å². The van der Waals surface area contributed by atoms with E-state index in [0.29, 0.717) is 0 Å². The van der Waals surface area contributed by atoms with Crippen LogP contribution in [0.2, 0.25) is 0 Å². The van der Waals surface area contributed by atoms with Crippen LogP contribution in [0.4, 0.5) is 5.82 Å². The minimum Gasteiger partial charge on any atom is -0.457 e. The zero-order chi connectivity index (χ0) is 38.2. The molecule has 9 atom stereocenters. The van der Waals surface area contributed by atoms with Gasteiger partial charge in [0, 0.05) is 55.4 Å². The summed E-state index contributed by atoms with van der Waals surface area (Å²) < 4.78 is 50.4. The standard InChI is InChI=1S/C30H40N4O17/c1-13(35)43-21-9-33(10-22(44-14(2)36)26(46-16(4)38)25(21)45-15(3)37)24-12-34(32-31-24)11-23-27(47-17(5)39)28(48-18(6)40)29(49-19(7)41)30(51-23)50-20(8)42/h12,21-23,25-30H,9-11H2,1-8H3/t21-,22-,23-,25-,26-,27-,28+,29-,30-/m1/s1. The molecule has 3 heterocycles. The lowest BCUT2D eigenvalue weighted by molar-refractivity contribution is -0.297. The molecule has 0 N–H and O–H groups in total. The molecule has 21 nitrogen and oxygen atoms in total. The Morgan fingerprint density at radius 2 is 0.961 bits per heavy atom. The highest BCUT2D eigenvalue weighted by Gasteiger charge is 2.54. The van der Waals surface area contributed by atoms with Crippen LogP contribution in [-0.2, 0) is 87.5 Å². The molecule has 1 aromatic heterocycles. The van der Waals surface area contributed by atoms with Crippen LogP contribution in [0.3, 0.4) is 0 Å². The van der Waals surface area contributed by atoms with Crippen LogP contribution in [0.25, 0.3) is 0 Å². The number of carbonyl (C=O) groups excluding carboxylic acids is 8. The van der Waals surface area contributed by atoms with Crippen molar-refractivity contribution in [3.8, 4) is 0 Å². The third-order valence-corrected chi connectivity index (χ3v) is 7.09. The Kier molecular flexibility index (Phi) is 13.8. The van der Waals surface area contributed by atoms with Gasteiger partial charge in [-0.15, -0.1) is 5.10 Å². The lowest BCUT2D eigenvalue weighted by Crippen LogP contribution is -2.62. The number of aromatic nitrogens is 3. The van der Waals surface area contributed by atoms with E-state index >= 15 is 0 Å². The van der Waals surface area contributed by atoms with Crippen LogP contribution in [0.15, 0.2) is 6.20 Å². The Bertz CT molecular complexity index is 1450. The predicted octanol–water partition coefficient (Wildman–Crippen LogP) is -1.09. The molecule has 3 rings (SSSR count). The molecule has 0 spiro atoms. The van der Waals surface area contributed by atoms with Gasteiger partial charge in [-0.05, 0) is 0 Å². The summed E-state index contributed by atoms with van der Waals surface area (Å²) in [6, 6.07) is 0. The van der Waals surface area contributed by atoms with E-state index in [1.165, 1.54) is 15.8 Å². The van der Waals surface area contributed by atoms with Crippen molar-refractivity contribution in [2.24, 2.45) is 0 Å². The first-order valence-corrected chi connectivity index (χ1v) is 15.5. The molecule has 2 aliphatic rings. The van der Waals surface area contributed by atoms with E-state index in [-0.39, 0.29) is 25.5 Å². The number of carbonyl (C=O) groups is 8. The van der Waals surface area contributed by atoms with Crippen molar-refractivity contribution in [1.29, 1.82) is 0 Å². The maximum Gasteiger partial charge on any atom is 0.305 e. The Morgan fingerprint density at radius 3 is 1.39 bits per heavy atom. The lowest BCUT2D eigenvalue weighted by atomic mass is 9.97. The van der Waals surface area contributed by atoms with Crippen molar-refractivity contribution < 1.29 is 81.0 Å². The summed E-state index contributed by atoms with van der Waals surface area (Å²) in [7, 11) is 0. The normalized spacial score (nSPS) is 27.5. The molecule has 0 radical (unpaired) electrons. The van der Waals surface area contributed by atoms with Gasteiger partial charge in [0.2, 0.25) is 12.4 Å². The van der Waals surface area contributed by atoms with Gasteiger partial charge in [-0.3, -0.25) is 38.4 Å². The first-order valence-electron chi connectivity index (χ1n) is 15.5. The zero-order valence-corrected chi connectivity index (χ0v) is 29.1. The van der Waals surface area contributed by atoms with Crippen LogP contribution >= 0.6 is 0 Å². The van der Waals surface area contributed by atoms with Gasteiger partial charge in [0.25, 0.3) is 0 Å². The SMILES string of the molecule is CC(=O)O[C@@H]1O[C@H](Cn2cc(N3C[C@@H](OC(C)=O)[C@@H](OC(C)=O)[C@H](OC(C)=O)[C@H](OC(C)=O)C3)nn2)[C@@H](OC(C)=O)[C@H](OC(C)=O)[C@H]1OC(C)=O. The molecule has 0 saturated carbocycles. The molecule has 0 bridgehead atoms. The second kappa shape index (κ2) is 17.5. The largest absolute Gasteiger partial charge is 0.457 e. The molecule has 0 aliphatic carbocycles. The minimum atomic E-state index is -1.62. The van der Waals surface area contributed by atoms with Gasteiger partial charge in [0.15, 0.2) is 42.4 Å². The molecule has 282 valence electrons. The van der Waals surface area contributed by atoms with E-state index in [1.807, 2.05) is 0 Å². The van der Waals surface area contributed by atoms with E-state index < -0.39 is 103 Å². The van der Waals surface area contributed by atoms with E-state index in [0.717, 1.165) is 55.4 Å². The van der Waals surface area contributed by atoms with Crippen LogP contribution in [0.5, 0.6) is 0 Å². The average Bonchev–Trinajstić information content (AvgIpc) is 3.39. The van der Waals surface area contributed by atoms with Crippen LogP contribution in [0.1, 0.15) is 55.4 Å². The number of nitrogens with zero attached hydrogens (tertiary/aromatic N) is 4. The topological polar surface area (TPSA) is 254 Å². The highest BCUT2D eigenvalue weighted by Crippen LogP contribution is 2.31. The quantitative estimate of drug-likeness (QED) is 0.194. The Morgan fingerprint density at radius 1 is 0.569 bits per heavy atom. The van der Waals surface area contributed by atoms with Crippen LogP contribution < -0.4 is 4.90 Å². The second-order valence-electron chi connectivity index (χ2n) is 11.5. The van der Waals surface area contributed by atoms with E-state index in [4.69, 9.17) is 42.6 Å². The van der Waals surface area contributed by atoms with Crippen LogP contribution in [-0.4, -0.2) is 131 Å². The first kappa shape index (κ1) is 40.1. The molecule has 0 amide bonds. The maximum absolute atomic E-state index is 12.2. The van der Waals surface area contributed by atoms with E-state index in [1.54, 1.807) is 0 Å². The van der Waals surface area contributed by atoms with Crippen molar-refractivity contribution in [3.05, 3.63) is 6.20 Å². The molecule has 21 heteroatoms. The average molecular weight is 729 g/mol. The predicted molar refractivity (Wildman–Crippen MR) is 162 cm³/mol. The molecular weight excluding hydrogens is 688 g/mol. The van der Waals surface area contributed by atoms with Gasteiger partial charge < -0.3 is 47.5 Å². The molecule has 0 unspecified atom stereocenters. The molecular formula is C30H40N4O17. The number of rotatable bonds is 11. The first-order chi connectivity index (χ1) is 23.8. The summed E-state index contributed by atoms with van der Waals surface area (Å²) in [5.41, 5.74) is 0. The number of ether oxygens (including phenoxy) is 9. The van der Waals surface area contributed by atoms with Gasteiger partial charge in [0.1, 0.15) is 6.10 Å². The van der Waals surface area contributed by atoms with Gasteiger partial charge in [-0.1, -0.05) is 5.21 Å². The highest BCUT2D eigenvalue weighted by molar-refractivity contribution is 5.70. The van der Waals surface area contributed by atoms with Crippen molar-refractivity contribution in [2.45, 2.75) is 117 Å². The van der Waals surface area contributed by atoms with Gasteiger partial charge >= 0.3 is 47.8 Å². The van der Waals surface area contributed by atoms with Gasteiger partial charge in [-0.25, -0.2) is 4.68 Å². The van der Waals surface area contributed by atoms with Gasteiger partial charge in [-0.2, -0.15) is 0 Å². The molecule has 2 fully saturated rings. The molecule has 51 heavy (non-hydrogen) atoms. The Balaban J connectivity index is 2.04. The van der Waals surface area contributed by atoms with Gasteiger partial charge in [0.05, 0.1) is 25.8 Å². The zero-order valence-electron chi connectivity index (χ0n) is 29.1. The third-order valence-electron chi connectivity index (χ3n) is 7.09. The third kappa shape index (κ3) is 11.6. The summed E-state index contributed by atoms with van der Waals surface area (Å²) in [6.07, 6.45) is -11.4. The molecule has 1 aromatic rings. The number of esters is 8. The summed E-state index contributed by atoms with van der Waals surface area (Å²) in [5, 5.41) is 8.25. The summed E-state index contributed by atoms with van der Waals surface area (Å²) in [5.74, 6) is -6.41. The Hall–Kier alpha value is -5.34. The highest BCUT2D eigenvalue weighted by atomic mass is 16.7. The maximum atomic E-state index is 12.2. The van der Waals surface area contributed by atoms with E-state index in [2.05, 4.69) is 10.3 Å². The molecule has 0 aromatic carbocycles. The fourth-order valence-electron chi connectivity index (χ4n) is 5.60. The summed E-state index contributed by atoms with van der Waals surface area (Å²) in [4.78, 5) is 98.2. The number of hydrogen-bond acceptors (Lipinski definition) is 20. The number of hydrogen-bond donors (Lipinski definition) is 0. The summed E-state index contributed by atoms with van der Waals surface area (Å²) in [6.45, 7) is 7.93. The van der Waals surface area contributed by atoms with E-state index in [9.17, 15) is 38.4 Å². The smallest absolute Gasteiger partial charge is 0.305 e. The minimum absolute atomic E-state index is 0.0834. The molecule has 2 saturated heterocycles. The lowest BCUT2D eigenvalue weighted by Gasteiger charge is -2.43. The molecule has 2 aliphatic heterocycles. The van der Waals surface area contributed by atoms with Crippen LogP contribution in [0, 0.1) is 0 Å². The fraction of sp³-hybridized carbons (Fsp3) is 0.667. The summed E-state index contributed by atoms with van der Waals surface area (Å²) >= 11 is 0. The Labute approximate surface area is 291 Å². The monoisotopic (exact) mass is 728 g/mol. The van der Waals surface area contributed by atoms with Crippen molar-refractivity contribution in [3.63, 3.8) is 0 Å². The number of anilines is 1. The van der Waals surface area contributed by atoms with Crippen molar-refractivity contribution >= 4 is 53.6 Å². The second-order valence-corrected chi connectivity index (χ2v) is 11.5. The fourth-order valence-corrected chi connectivity index (χ4v) is 5.60. The van der Waals surface area contributed by atoms with Crippen molar-refractivity contribution in [1.82, 2.24) is 15.0 Å².